The summed E-state index contributed by atoms with van der Waals surface area (Å²) in [5, 5.41) is 22.0. The highest BCUT2D eigenvalue weighted by Gasteiger charge is 2.45. The van der Waals surface area contributed by atoms with Gasteiger partial charge in [0.2, 0.25) is 11.0 Å². The van der Waals surface area contributed by atoms with E-state index in [0.717, 1.165) is 0 Å². The lowest BCUT2D eigenvalue weighted by atomic mass is 9.69. The van der Waals surface area contributed by atoms with Gasteiger partial charge in [-0.25, -0.2) is 4.39 Å². The average molecular weight is 621 g/mol. The summed E-state index contributed by atoms with van der Waals surface area (Å²) in [6.45, 7) is 3.99. The van der Waals surface area contributed by atoms with Gasteiger partial charge >= 0.3 is 0 Å². The summed E-state index contributed by atoms with van der Waals surface area (Å²) in [6.07, 6.45) is 0.793. The number of hydrogen-bond donors (Lipinski definition) is 2. The van der Waals surface area contributed by atoms with E-state index >= 15 is 0 Å². The molecule has 2 aliphatic rings. The van der Waals surface area contributed by atoms with E-state index < -0.39 is 11.7 Å². The molecule has 3 N–H and O–H groups in total. The van der Waals surface area contributed by atoms with Crippen molar-refractivity contribution >= 4 is 45.6 Å². The highest BCUT2D eigenvalue weighted by Crippen LogP contribution is 2.50. The number of Topliss-reactive ketones (excluding diaryl/α,β-unsaturated/α-hetero) is 1. The number of nitrogens with one attached hydrogen (secondary N) is 1. The fourth-order valence-electron chi connectivity index (χ4n) is 5.27. The Labute approximate surface area is 256 Å². The minimum Gasteiger partial charge on any atom is -0.497 e. The summed E-state index contributed by atoms with van der Waals surface area (Å²) >= 11 is 2.39. The van der Waals surface area contributed by atoms with E-state index in [2.05, 4.69) is 21.6 Å². The maximum absolute atomic E-state index is 13.8. The first-order chi connectivity index (χ1) is 20.5. The molecule has 1 aliphatic carbocycles. The van der Waals surface area contributed by atoms with Crippen LogP contribution in [-0.4, -0.2) is 41.9 Å². The highest BCUT2D eigenvalue weighted by molar-refractivity contribution is 8.01. The second-order valence-corrected chi connectivity index (χ2v) is 13.0. The van der Waals surface area contributed by atoms with Gasteiger partial charge in [0.15, 0.2) is 10.1 Å². The Morgan fingerprint density at radius 1 is 1.19 bits per heavy atom. The Morgan fingerprint density at radius 2 is 1.86 bits per heavy atom. The number of allylic oxidation sites excluding steroid dienone is 3. The summed E-state index contributed by atoms with van der Waals surface area (Å²) in [6, 6.07) is 13.0. The Kier molecular flexibility index (Phi) is 8.43. The molecule has 0 radical (unpaired) electrons. The van der Waals surface area contributed by atoms with Crippen LogP contribution in [0.1, 0.15) is 38.2 Å². The highest BCUT2D eigenvalue weighted by atomic mass is 32.2. The van der Waals surface area contributed by atoms with Crippen molar-refractivity contribution in [3.63, 3.8) is 0 Å². The van der Waals surface area contributed by atoms with Gasteiger partial charge in [-0.3, -0.25) is 14.5 Å². The topological polar surface area (TPSA) is 143 Å². The molecule has 2 aromatic carbocycles. The van der Waals surface area contributed by atoms with Gasteiger partial charge in [0.05, 0.1) is 37.5 Å². The predicted molar refractivity (Wildman–Crippen MR) is 162 cm³/mol. The summed E-state index contributed by atoms with van der Waals surface area (Å²) < 4.78 is 24.8. The van der Waals surface area contributed by atoms with Crippen molar-refractivity contribution in [1.82, 2.24) is 10.2 Å². The average Bonchev–Trinajstić information content (AvgIpc) is 3.43. The second kappa shape index (κ2) is 12.1. The van der Waals surface area contributed by atoms with Gasteiger partial charge in [0.1, 0.15) is 23.1 Å². The Bertz CT molecular complexity index is 1670. The quantitative estimate of drug-likeness (QED) is 0.316. The van der Waals surface area contributed by atoms with Crippen molar-refractivity contribution in [2.75, 3.05) is 30.2 Å². The molecule has 1 atom stereocenters. The lowest BCUT2D eigenvalue weighted by molar-refractivity contribution is -0.118. The standard InChI is InChI=1S/C30H29FN6O4S2/c1-30(2)12-22-26(23(38)13-30)25(16-5-7-17(31)8-6-16)21(14-32)27(33)37(22)28-35-36-29(43-28)42-15-24(39)34-18-9-19(40-3)11-20(10-18)41-4/h5-11,25H,12-13,15,33H2,1-4H3,(H,34,39). The van der Waals surface area contributed by atoms with Gasteiger partial charge in [-0.15, -0.1) is 10.2 Å². The zero-order valence-electron chi connectivity index (χ0n) is 23.9. The maximum Gasteiger partial charge on any atom is 0.234 e. The smallest absolute Gasteiger partial charge is 0.234 e. The number of halogens is 1. The van der Waals surface area contributed by atoms with Gasteiger partial charge in [-0.1, -0.05) is 49.1 Å². The number of nitrogens with zero attached hydrogens (tertiary/aromatic N) is 4. The zero-order valence-corrected chi connectivity index (χ0v) is 25.6. The normalized spacial score (nSPS) is 17.8. The van der Waals surface area contributed by atoms with Gasteiger partial charge in [0.25, 0.3) is 0 Å². The minimum absolute atomic E-state index is 0.0506. The number of ether oxygens (including phenoxy) is 2. The number of nitriles is 1. The number of nitrogens with two attached hydrogens (primary N) is 1. The summed E-state index contributed by atoms with van der Waals surface area (Å²) in [5.41, 5.74) is 8.68. The largest absolute Gasteiger partial charge is 0.497 e. The van der Waals surface area contributed by atoms with E-state index in [1.54, 1.807) is 35.2 Å². The molecule has 0 spiro atoms. The summed E-state index contributed by atoms with van der Waals surface area (Å²) in [5.74, 6) is -0.241. The molecular weight excluding hydrogens is 592 g/mol. The fourth-order valence-corrected chi connectivity index (χ4v) is 6.95. The number of benzene rings is 2. The number of aromatic nitrogens is 2. The molecule has 2 heterocycles. The molecule has 13 heteroatoms. The third-order valence-electron chi connectivity index (χ3n) is 7.13. The number of hydrogen-bond acceptors (Lipinski definition) is 11. The molecule has 0 bridgehead atoms. The van der Waals surface area contributed by atoms with Crippen molar-refractivity contribution < 1.29 is 23.5 Å². The first kappa shape index (κ1) is 30.1. The van der Waals surface area contributed by atoms with Crippen LogP contribution in [0.25, 0.3) is 0 Å². The van der Waals surface area contributed by atoms with E-state index in [9.17, 15) is 19.2 Å². The van der Waals surface area contributed by atoms with Crippen LogP contribution in [0.3, 0.4) is 0 Å². The lowest BCUT2D eigenvalue weighted by Crippen LogP contribution is -2.42. The Hall–Kier alpha value is -4.41. The van der Waals surface area contributed by atoms with E-state index in [4.69, 9.17) is 15.2 Å². The van der Waals surface area contributed by atoms with E-state index in [1.165, 1.54) is 49.5 Å². The van der Waals surface area contributed by atoms with Crippen LogP contribution < -0.4 is 25.4 Å². The Morgan fingerprint density at radius 3 is 2.49 bits per heavy atom. The van der Waals surface area contributed by atoms with Crippen LogP contribution in [-0.2, 0) is 9.59 Å². The van der Waals surface area contributed by atoms with Gasteiger partial charge in [0, 0.05) is 41.6 Å². The van der Waals surface area contributed by atoms with Crippen LogP contribution in [0.4, 0.5) is 15.2 Å². The second-order valence-electron chi connectivity index (χ2n) is 10.8. The van der Waals surface area contributed by atoms with Gasteiger partial charge in [-0.05, 0) is 29.5 Å². The molecule has 3 aromatic rings. The summed E-state index contributed by atoms with van der Waals surface area (Å²) in [7, 11) is 3.05. The summed E-state index contributed by atoms with van der Waals surface area (Å²) in [4.78, 5) is 28.0. The molecular formula is C30H29FN6O4S2. The predicted octanol–water partition coefficient (Wildman–Crippen LogP) is 5.37. The lowest BCUT2D eigenvalue weighted by Gasteiger charge is -2.42. The van der Waals surface area contributed by atoms with Crippen LogP contribution in [0, 0.1) is 22.6 Å². The van der Waals surface area contributed by atoms with E-state index in [1.807, 2.05) is 13.8 Å². The minimum atomic E-state index is -0.721. The SMILES string of the molecule is COc1cc(NC(=O)CSc2nnc(N3C(N)=C(C#N)C(c4ccc(F)cc4)C4=C3CC(C)(C)CC4=O)s2)cc(OC)c1. The molecule has 1 unspecified atom stereocenters. The first-order valence-corrected chi connectivity index (χ1v) is 15.0. The number of ketones is 1. The number of thioether (sulfide) groups is 1. The van der Waals surface area contributed by atoms with Crippen molar-refractivity contribution in [3.8, 4) is 17.6 Å². The molecule has 5 rings (SSSR count). The van der Waals surface area contributed by atoms with Crippen LogP contribution in [0.15, 0.2) is 69.5 Å². The van der Waals surface area contributed by atoms with Gasteiger partial charge in [-0.2, -0.15) is 5.26 Å². The van der Waals surface area contributed by atoms with Crippen molar-refractivity contribution in [2.45, 2.75) is 36.9 Å². The van der Waals surface area contributed by atoms with Gasteiger partial charge < -0.3 is 20.5 Å². The fraction of sp³-hybridized carbons (Fsp3) is 0.300. The molecule has 1 aromatic heterocycles. The molecule has 10 nitrogen and oxygen atoms in total. The van der Waals surface area contributed by atoms with Crippen LogP contribution in [0.2, 0.25) is 0 Å². The molecule has 43 heavy (non-hydrogen) atoms. The molecule has 0 fully saturated rings. The maximum atomic E-state index is 13.8. The van der Waals surface area contributed by atoms with Crippen molar-refractivity contribution in [3.05, 3.63) is 76.5 Å². The molecule has 0 saturated heterocycles. The Balaban J connectivity index is 1.42. The first-order valence-electron chi connectivity index (χ1n) is 13.2. The van der Waals surface area contributed by atoms with E-state index in [0.29, 0.717) is 56.3 Å². The number of carbonyl (C=O) groups excluding carboxylic acids is 2. The molecule has 1 aliphatic heterocycles. The monoisotopic (exact) mass is 620 g/mol. The molecule has 1 amide bonds. The number of carbonyl (C=O) groups is 2. The van der Waals surface area contributed by atoms with Crippen molar-refractivity contribution in [1.29, 1.82) is 5.26 Å². The third kappa shape index (κ3) is 6.21. The zero-order chi connectivity index (χ0) is 30.9. The van der Waals surface area contributed by atoms with Crippen LogP contribution in [0.5, 0.6) is 11.5 Å². The number of methoxy groups -OCH3 is 2. The van der Waals surface area contributed by atoms with E-state index in [-0.39, 0.29) is 34.3 Å². The number of rotatable bonds is 8. The molecule has 222 valence electrons. The number of anilines is 2. The number of amides is 1. The van der Waals surface area contributed by atoms with Crippen LogP contribution >= 0.6 is 23.1 Å². The van der Waals surface area contributed by atoms with Crippen molar-refractivity contribution in [2.24, 2.45) is 11.1 Å². The third-order valence-corrected chi connectivity index (χ3v) is 9.18. The molecule has 0 saturated carbocycles.